The van der Waals surface area contributed by atoms with Gasteiger partial charge in [-0.15, -0.1) is 10.2 Å². The quantitative estimate of drug-likeness (QED) is 0.870. The molecular weight excluding hydrogens is 362 g/mol. The first-order valence-corrected chi connectivity index (χ1v) is 10.4. The van der Waals surface area contributed by atoms with Crippen molar-refractivity contribution in [2.24, 2.45) is 0 Å². The molecule has 27 heavy (non-hydrogen) atoms. The van der Waals surface area contributed by atoms with Gasteiger partial charge in [-0.2, -0.15) is 0 Å². The molecule has 144 valence electrons. The van der Waals surface area contributed by atoms with Gasteiger partial charge in [0.25, 0.3) is 0 Å². The Morgan fingerprint density at radius 3 is 2.67 bits per heavy atom. The van der Waals surface area contributed by atoms with E-state index >= 15 is 0 Å². The molecule has 0 unspecified atom stereocenters. The average molecular weight is 388 g/mol. The predicted octanol–water partition coefficient (Wildman–Crippen LogP) is 2.76. The molecule has 0 spiro atoms. The fraction of sp³-hybridized carbons (Fsp3) is 0.526. The summed E-state index contributed by atoms with van der Waals surface area (Å²) in [6, 6.07) is 7.83. The number of ether oxygens (including phenoxy) is 1. The van der Waals surface area contributed by atoms with Crippen LogP contribution in [0, 0.1) is 6.92 Å². The Morgan fingerprint density at radius 2 is 1.96 bits per heavy atom. The van der Waals surface area contributed by atoms with Crippen LogP contribution in [0.4, 0.5) is 0 Å². The van der Waals surface area contributed by atoms with E-state index in [0.717, 1.165) is 48.2 Å². The molecule has 1 amide bonds. The summed E-state index contributed by atoms with van der Waals surface area (Å²) in [5.74, 6) is 1.81. The van der Waals surface area contributed by atoms with E-state index < -0.39 is 0 Å². The second-order valence-corrected chi connectivity index (χ2v) is 8.01. The number of likely N-dealkylation sites (tertiary alicyclic amines) is 1. The molecule has 1 N–H and O–H groups in total. The van der Waals surface area contributed by atoms with Crippen molar-refractivity contribution in [1.29, 1.82) is 0 Å². The minimum Gasteiger partial charge on any atom is -0.494 e. The van der Waals surface area contributed by atoms with Gasteiger partial charge >= 0.3 is 0 Å². The van der Waals surface area contributed by atoms with E-state index in [2.05, 4.69) is 15.6 Å². The number of piperidine rings is 1. The monoisotopic (exact) mass is 387 g/mol. The van der Waals surface area contributed by atoms with E-state index in [4.69, 9.17) is 4.74 Å². The van der Waals surface area contributed by atoms with Crippen LogP contribution in [0.1, 0.15) is 43.6 Å². The molecular formula is C19H25N5O2S. The average Bonchev–Trinajstić information content (AvgIpc) is 3.08. The van der Waals surface area contributed by atoms with Crippen LogP contribution in [-0.4, -0.2) is 50.6 Å². The van der Waals surface area contributed by atoms with E-state index in [1.165, 1.54) is 18.2 Å². The van der Waals surface area contributed by atoms with E-state index in [-0.39, 0.29) is 17.2 Å². The van der Waals surface area contributed by atoms with Crippen LogP contribution in [0.5, 0.6) is 5.75 Å². The number of benzene rings is 1. The van der Waals surface area contributed by atoms with E-state index in [0.29, 0.717) is 6.61 Å². The smallest absolute Gasteiger partial charge is 0.238 e. The van der Waals surface area contributed by atoms with Crippen LogP contribution in [-0.2, 0) is 4.79 Å². The standard InChI is InChI=1S/C19H25N5O2S/c1-3-26-15-9-7-14(8-10-15)16-17(18(25)23-11-5-4-6-12-23)27-19-21-20-13(2)24(19)22-16/h7-10,16-17,22H,3-6,11-12H2,1-2H3/t16-,17+/m1/s1. The van der Waals surface area contributed by atoms with E-state index in [1.54, 1.807) is 0 Å². The van der Waals surface area contributed by atoms with E-state index in [9.17, 15) is 4.79 Å². The van der Waals surface area contributed by atoms with Gasteiger partial charge in [-0.3, -0.25) is 4.79 Å². The molecule has 7 nitrogen and oxygen atoms in total. The predicted molar refractivity (Wildman–Crippen MR) is 105 cm³/mol. The summed E-state index contributed by atoms with van der Waals surface area (Å²) in [4.78, 5) is 15.3. The highest BCUT2D eigenvalue weighted by Crippen LogP contribution is 2.38. The van der Waals surface area contributed by atoms with Crippen molar-refractivity contribution in [3.05, 3.63) is 35.7 Å². The lowest BCUT2D eigenvalue weighted by Crippen LogP contribution is -2.47. The fourth-order valence-corrected chi connectivity index (χ4v) is 4.84. The van der Waals surface area contributed by atoms with Crippen molar-refractivity contribution >= 4 is 17.7 Å². The van der Waals surface area contributed by atoms with Crippen LogP contribution in [0.15, 0.2) is 29.4 Å². The number of nitrogens with zero attached hydrogens (tertiary/aromatic N) is 4. The van der Waals surface area contributed by atoms with Crippen LogP contribution < -0.4 is 10.2 Å². The number of aryl methyl sites for hydroxylation is 1. The van der Waals surface area contributed by atoms with Gasteiger partial charge < -0.3 is 15.1 Å². The second-order valence-electron chi connectivity index (χ2n) is 6.90. The topological polar surface area (TPSA) is 72.3 Å². The Hall–Kier alpha value is -2.22. The highest BCUT2D eigenvalue weighted by Gasteiger charge is 2.39. The van der Waals surface area contributed by atoms with Gasteiger partial charge in [0.05, 0.1) is 12.6 Å². The number of nitrogens with one attached hydrogen (secondary N) is 1. The third-order valence-electron chi connectivity index (χ3n) is 5.06. The summed E-state index contributed by atoms with van der Waals surface area (Å²) in [6.07, 6.45) is 3.37. The SMILES string of the molecule is CCOc1ccc([C@H]2Nn3c(C)nnc3S[C@@H]2C(=O)N2CCCCC2)cc1. The molecule has 0 radical (unpaired) electrons. The number of thioether (sulfide) groups is 1. The van der Waals surface area contributed by atoms with Gasteiger partial charge in [0, 0.05) is 13.1 Å². The zero-order valence-corrected chi connectivity index (χ0v) is 16.5. The maximum atomic E-state index is 13.3. The third kappa shape index (κ3) is 3.63. The van der Waals surface area contributed by atoms with Crippen molar-refractivity contribution in [3.63, 3.8) is 0 Å². The Morgan fingerprint density at radius 1 is 1.22 bits per heavy atom. The van der Waals surface area contributed by atoms with Crippen molar-refractivity contribution < 1.29 is 9.53 Å². The molecule has 2 aromatic rings. The maximum absolute atomic E-state index is 13.3. The van der Waals surface area contributed by atoms with Crippen LogP contribution in [0.3, 0.4) is 0 Å². The van der Waals surface area contributed by atoms with Gasteiger partial charge in [0.1, 0.15) is 16.8 Å². The molecule has 0 bridgehead atoms. The molecule has 1 aromatic carbocycles. The number of rotatable bonds is 4. The van der Waals surface area contributed by atoms with Crippen molar-refractivity contribution in [2.45, 2.75) is 49.6 Å². The Bertz CT molecular complexity index is 801. The molecule has 1 fully saturated rings. The first-order chi connectivity index (χ1) is 13.2. The molecule has 1 aromatic heterocycles. The van der Waals surface area contributed by atoms with Crippen LogP contribution >= 0.6 is 11.8 Å². The van der Waals surface area contributed by atoms with Crippen LogP contribution in [0.25, 0.3) is 0 Å². The lowest BCUT2D eigenvalue weighted by atomic mass is 10.0. The number of amides is 1. The summed E-state index contributed by atoms with van der Waals surface area (Å²) in [7, 11) is 0. The molecule has 4 rings (SSSR count). The van der Waals surface area contributed by atoms with Gasteiger partial charge in [-0.25, -0.2) is 4.68 Å². The zero-order chi connectivity index (χ0) is 18.8. The third-order valence-corrected chi connectivity index (χ3v) is 6.26. The first kappa shape index (κ1) is 18.2. The van der Waals surface area contributed by atoms with Crippen LogP contribution in [0.2, 0.25) is 0 Å². The zero-order valence-electron chi connectivity index (χ0n) is 15.7. The second kappa shape index (κ2) is 7.80. The number of carbonyl (C=O) groups excluding carboxylic acids is 1. The summed E-state index contributed by atoms with van der Waals surface area (Å²) in [5, 5.41) is 8.85. The van der Waals surface area contributed by atoms with Gasteiger partial charge in [-0.1, -0.05) is 23.9 Å². The Balaban J connectivity index is 1.64. The molecule has 8 heteroatoms. The summed E-state index contributed by atoms with van der Waals surface area (Å²) >= 11 is 1.50. The number of carbonyl (C=O) groups is 1. The maximum Gasteiger partial charge on any atom is 0.238 e. The summed E-state index contributed by atoms with van der Waals surface area (Å²) in [5.41, 5.74) is 4.52. The minimum absolute atomic E-state index is 0.151. The van der Waals surface area contributed by atoms with Gasteiger partial charge in [0.15, 0.2) is 0 Å². The normalized spacial score (nSPS) is 22.1. The molecule has 0 aliphatic carbocycles. The molecule has 2 aliphatic heterocycles. The first-order valence-electron chi connectivity index (χ1n) is 9.54. The number of hydrogen-bond acceptors (Lipinski definition) is 6. The number of aromatic nitrogens is 3. The number of hydrogen-bond donors (Lipinski definition) is 1. The molecule has 0 saturated carbocycles. The Labute approximate surface area is 163 Å². The van der Waals surface area contributed by atoms with Crippen molar-refractivity contribution in [2.75, 3.05) is 25.1 Å². The molecule has 2 aliphatic rings. The van der Waals surface area contributed by atoms with Crippen molar-refractivity contribution in [3.8, 4) is 5.75 Å². The summed E-state index contributed by atoms with van der Waals surface area (Å²) in [6.45, 7) is 6.20. The van der Waals surface area contributed by atoms with Gasteiger partial charge in [-0.05, 0) is 50.8 Å². The van der Waals surface area contributed by atoms with Gasteiger partial charge in [0.2, 0.25) is 11.1 Å². The lowest BCUT2D eigenvalue weighted by molar-refractivity contribution is -0.131. The molecule has 2 atom stereocenters. The number of fused-ring (bicyclic) bond motifs is 1. The highest BCUT2D eigenvalue weighted by atomic mass is 32.2. The van der Waals surface area contributed by atoms with Crippen molar-refractivity contribution in [1.82, 2.24) is 19.8 Å². The summed E-state index contributed by atoms with van der Waals surface area (Å²) < 4.78 is 7.44. The lowest BCUT2D eigenvalue weighted by Gasteiger charge is -2.37. The highest BCUT2D eigenvalue weighted by molar-refractivity contribution is 8.00. The molecule has 3 heterocycles. The Kier molecular flexibility index (Phi) is 5.24. The minimum atomic E-state index is -0.267. The van der Waals surface area contributed by atoms with E-state index in [1.807, 2.05) is 47.7 Å². The largest absolute Gasteiger partial charge is 0.494 e. The molecule has 1 saturated heterocycles. The fourth-order valence-electron chi connectivity index (χ4n) is 3.63.